The summed E-state index contributed by atoms with van der Waals surface area (Å²) in [5, 5.41) is 6.14. The molecule has 420 valence electrons. The van der Waals surface area contributed by atoms with Crippen LogP contribution in [0.2, 0.25) is 0 Å². The topological polar surface area (TPSA) is 120 Å². The van der Waals surface area contributed by atoms with E-state index in [1.807, 2.05) is 109 Å². The minimum absolute atomic E-state index is 0.0221. The standard InChI is InChI=1S/C64H96N4O8/c69-63(59-31-35-61(36-32-59)75-55-57-27-19-17-20-28-57)65-39-23-13-9-5-1-3-7-11-15-25-41-67-43-47-71-51-53-73-49-45-68(46-50-74-54-52-72-48-44-67)42-26-16-12-8-4-2-6-10-14-24-40-66-64(70)60-33-37-62(38-34-60)76-56-58-29-21-18-22-30-58/h17-22,27-38H,1-16,23-26,39-56H2,(H,65,69)(H,66,70). The van der Waals surface area contributed by atoms with Crippen molar-refractivity contribution in [2.24, 2.45) is 0 Å². The van der Waals surface area contributed by atoms with Gasteiger partial charge in [-0.05, 0) is 98.4 Å². The minimum atomic E-state index is -0.0221. The smallest absolute Gasteiger partial charge is 0.251 e. The number of hydrogen-bond donors (Lipinski definition) is 2. The van der Waals surface area contributed by atoms with E-state index in [1.165, 1.54) is 103 Å². The van der Waals surface area contributed by atoms with Gasteiger partial charge in [0.1, 0.15) is 24.7 Å². The van der Waals surface area contributed by atoms with Gasteiger partial charge in [-0.3, -0.25) is 19.4 Å². The van der Waals surface area contributed by atoms with Gasteiger partial charge < -0.3 is 39.1 Å². The van der Waals surface area contributed by atoms with E-state index in [9.17, 15) is 9.59 Å². The molecule has 0 aliphatic carbocycles. The Labute approximate surface area is 458 Å². The third-order valence-electron chi connectivity index (χ3n) is 14.1. The molecular weight excluding hydrogens is 953 g/mol. The zero-order chi connectivity index (χ0) is 53.0. The molecule has 4 aromatic carbocycles. The molecule has 76 heavy (non-hydrogen) atoms. The number of carbonyl (C=O) groups excluding carboxylic acids is 2. The molecule has 1 fully saturated rings. The van der Waals surface area contributed by atoms with E-state index in [0.717, 1.165) is 114 Å². The van der Waals surface area contributed by atoms with Crippen LogP contribution in [0.4, 0.5) is 0 Å². The van der Waals surface area contributed by atoms with Crippen molar-refractivity contribution in [3.8, 4) is 11.5 Å². The quantitative estimate of drug-likeness (QED) is 0.0438. The van der Waals surface area contributed by atoms with E-state index < -0.39 is 0 Å². The summed E-state index contributed by atoms with van der Waals surface area (Å²) in [7, 11) is 0. The second kappa shape index (κ2) is 42.2. The van der Waals surface area contributed by atoms with Gasteiger partial charge in [0.15, 0.2) is 0 Å². The van der Waals surface area contributed by atoms with Gasteiger partial charge in [-0.15, -0.1) is 0 Å². The first-order valence-electron chi connectivity index (χ1n) is 29.5. The van der Waals surface area contributed by atoms with Crippen LogP contribution in [0.15, 0.2) is 109 Å². The van der Waals surface area contributed by atoms with Crippen LogP contribution in [0.25, 0.3) is 0 Å². The van der Waals surface area contributed by atoms with Crippen LogP contribution in [-0.2, 0) is 32.2 Å². The number of ether oxygens (including phenoxy) is 6. The Hall–Kier alpha value is -4.82. The predicted molar refractivity (Wildman–Crippen MR) is 308 cm³/mol. The largest absolute Gasteiger partial charge is 0.489 e. The Morgan fingerprint density at radius 3 is 0.961 bits per heavy atom. The average Bonchev–Trinajstić information content (AvgIpc) is 3.45. The summed E-state index contributed by atoms with van der Waals surface area (Å²) in [6.07, 6.45) is 24.6. The SMILES string of the molecule is O=C(NCCCCCCCCCCCCN1CCOCCOCCN(CCCCCCCCCCCCNC(=O)c2ccc(OCc3ccccc3)cc2)CCOCCOCC1)c1ccc(OCc2ccccc2)cc1. The first kappa shape index (κ1) is 62.0. The maximum Gasteiger partial charge on any atom is 0.251 e. The highest BCUT2D eigenvalue weighted by Crippen LogP contribution is 2.17. The summed E-state index contributed by atoms with van der Waals surface area (Å²) in [5.41, 5.74) is 3.57. The van der Waals surface area contributed by atoms with Gasteiger partial charge in [0, 0.05) is 50.4 Å². The lowest BCUT2D eigenvalue weighted by atomic mass is 10.1. The predicted octanol–water partition coefficient (Wildman–Crippen LogP) is 12.5. The Morgan fingerprint density at radius 1 is 0.355 bits per heavy atom. The summed E-state index contributed by atoms with van der Waals surface area (Å²) in [6.45, 7) is 13.7. The van der Waals surface area contributed by atoms with Crippen molar-refractivity contribution in [1.29, 1.82) is 0 Å². The lowest BCUT2D eigenvalue weighted by Gasteiger charge is -2.23. The van der Waals surface area contributed by atoms with Crippen LogP contribution in [0, 0.1) is 0 Å². The van der Waals surface area contributed by atoms with Crippen LogP contribution in [0.5, 0.6) is 11.5 Å². The van der Waals surface area contributed by atoms with Crippen molar-refractivity contribution < 1.29 is 38.0 Å². The molecule has 4 aromatic rings. The van der Waals surface area contributed by atoms with Gasteiger partial charge in [0.05, 0.1) is 52.9 Å². The molecule has 2 N–H and O–H groups in total. The molecule has 0 bridgehead atoms. The molecule has 1 aliphatic heterocycles. The second-order valence-electron chi connectivity index (χ2n) is 20.3. The molecule has 12 nitrogen and oxygen atoms in total. The molecule has 12 heteroatoms. The van der Waals surface area contributed by atoms with Crippen molar-refractivity contribution in [2.75, 3.05) is 105 Å². The summed E-state index contributed by atoms with van der Waals surface area (Å²) in [5.74, 6) is 1.49. The number of amides is 2. The lowest BCUT2D eigenvalue weighted by molar-refractivity contribution is 0.00776. The maximum atomic E-state index is 12.6. The molecular formula is C64H96N4O8. The molecule has 0 spiro atoms. The maximum absolute atomic E-state index is 12.6. The Morgan fingerprint density at radius 2 is 0.645 bits per heavy atom. The minimum Gasteiger partial charge on any atom is -0.489 e. The van der Waals surface area contributed by atoms with E-state index in [-0.39, 0.29) is 11.8 Å². The third kappa shape index (κ3) is 30.2. The number of unbranched alkanes of at least 4 members (excludes halogenated alkanes) is 18. The Kier molecular flexibility index (Phi) is 34.5. The van der Waals surface area contributed by atoms with Crippen molar-refractivity contribution in [2.45, 2.75) is 142 Å². The van der Waals surface area contributed by atoms with E-state index >= 15 is 0 Å². The molecule has 0 radical (unpaired) electrons. The van der Waals surface area contributed by atoms with Crippen LogP contribution < -0.4 is 20.1 Å². The first-order chi connectivity index (χ1) is 37.6. The van der Waals surface area contributed by atoms with Crippen LogP contribution in [0.1, 0.15) is 160 Å². The van der Waals surface area contributed by atoms with Crippen LogP contribution in [-0.4, -0.2) is 127 Å². The summed E-state index contributed by atoms with van der Waals surface area (Å²) in [6, 6.07) is 35.0. The highest BCUT2D eigenvalue weighted by molar-refractivity contribution is 5.94. The van der Waals surface area contributed by atoms with E-state index in [1.54, 1.807) is 0 Å². The van der Waals surface area contributed by atoms with Gasteiger partial charge in [0.25, 0.3) is 11.8 Å². The average molecular weight is 1050 g/mol. The fraction of sp³-hybridized carbons (Fsp3) is 0.594. The molecule has 0 atom stereocenters. The van der Waals surface area contributed by atoms with E-state index in [4.69, 9.17) is 28.4 Å². The molecule has 1 heterocycles. The molecule has 1 aliphatic rings. The Bertz CT molecular complexity index is 1840. The highest BCUT2D eigenvalue weighted by Gasteiger charge is 2.10. The highest BCUT2D eigenvalue weighted by atomic mass is 16.5. The number of nitrogens with zero attached hydrogens (tertiary/aromatic N) is 2. The van der Waals surface area contributed by atoms with Crippen molar-refractivity contribution in [3.05, 3.63) is 131 Å². The van der Waals surface area contributed by atoms with Gasteiger partial charge in [-0.2, -0.15) is 0 Å². The number of rotatable bonds is 34. The second-order valence-corrected chi connectivity index (χ2v) is 20.3. The molecule has 0 unspecified atom stereocenters. The van der Waals surface area contributed by atoms with Crippen molar-refractivity contribution >= 4 is 11.8 Å². The number of benzene rings is 4. The van der Waals surface area contributed by atoms with E-state index in [2.05, 4.69) is 20.4 Å². The molecule has 5 rings (SSSR count). The fourth-order valence-electron chi connectivity index (χ4n) is 9.33. The van der Waals surface area contributed by atoms with Gasteiger partial charge in [0.2, 0.25) is 0 Å². The van der Waals surface area contributed by atoms with Crippen molar-refractivity contribution in [3.63, 3.8) is 0 Å². The number of carbonyl (C=O) groups is 2. The summed E-state index contributed by atoms with van der Waals surface area (Å²) in [4.78, 5) is 30.1. The fourth-order valence-corrected chi connectivity index (χ4v) is 9.33. The van der Waals surface area contributed by atoms with E-state index in [0.29, 0.717) is 63.9 Å². The normalized spacial score (nSPS) is 14.8. The molecule has 0 aromatic heterocycles. The third-order valence-corrected chi connectivity index (χ3v) is 14.1. The zero-order valence-electron chi connectivity index (χ0n) is 46.4. The van der Waals surface area contributed by atoms with Crippen molar-refractivity contribution in [1.82, 2.24) is 20.4 Å². The molecule has 0 saturated carbocycles. The summed E-state index contributed by atoms with van der Waals surface area (Å²) < 4.78 is 35.7. The monoisotopic (exact) mass is 1050 g/mol. The Balaban J connectivity index is 0.772. The van der Waals surface area contributed by atoms with Gasteiger partial charge >= 0.3 is 0 Å². The van der Waals surface area contributed by atoms with Gasteiger partial charge in [-0.25, -0.2) is 0 Å². The van der Waals surface area contributed by atoms with Crippen LogP contribution in [0.3, 0.4) is 0 Å². The first-order valence-corrected chi connectivity index (χ1v) is 29.5. The van der Waals surface area contributed by atoms with Gasteiger partial charge in [-0.1, -0.05) is 163 Å². The summed E-state index contributed by atoms with van der Waals surface area (Å²) >= 11 is 0. The molecule has 2 amide bonds. The molecule has 1 saturated heterocycles. The number of hydrogen-bond acceptors (Lipinski definition) is 10. The zero-order valence-corrected chi connectivity index (χ0v) is 46.4. The lowest BCUT2D eigenvalue weighted by Crippen LogP contribution is -2.34. The number of nitrogens with one attached hydrogen (secondary N) is 2. The van der Waals surface area contributed by atoms with Crippen LogP contribution >= 0.6 is 0 Å².